The minimum Gasteiger partial charge on any atom is -0.418 e. The number of nitrogens with zero attached hydrogens (tertiary/aromatic N) is 16. The first-order valence-electron chi connectivity index (χ1n) is 18.5. The summed E-state index contributed by atoms with van der Waals surface area (Å²) in [4.78, 5) is 0. The molecule has 0 saturated heterocycles. The monoisotopic (exact) mass is 1060 g/mol. The Morgan fingerprint density at radius 2 is 0.419 bits per heavy atom. The van der Waals surface area contributed by atoms with E-state index in [2.05, 4.69) is 40.8 Å². The Morgan fingerprint density at radius 3 is 0.516 bits per heavy atom. The van der Waals surface area contributed by atoms with E-state index < -0.39 is 14.5 Å². The van der Waals surface area contributed by atoms with E-state index in [4.69, 9.17) is 0 Å². The topological polar surface area (TPSA) is 143 Å². The fourth-order valence-corrected chi connectivity index (χ4v) is 6.16. The second-order valence-electron chi connectivity index (χ2n) is 12.7. The van der Waals surface area contributed by atoms with Crippen LogP contribution in [0.2, 0.25) is 0 Å². The van der Waals surface area contributed by atoms with Crippen molar-refractivity contribution >= 4 is 14.5 Å². The van der Waals surface area contributed by atoms with Crippen molar-refractivity contribution in [3.05, 3.63) is 148 Å². The summed E-state index contributed by atoms with van der Waals surface area (Å²) in [6.45, 7) is 0. The molecule has 0 saturated carbocycles. The molecule has 28 heteroatoms. The van der Waals surface area contributed by atoms with Gasteiger partial charge in [-0.15, -0.1) is 0 Å². The summed E-state index contributed by atoms with van der Waals surface area (Å²) in [5.74, 6) is 0. The van der Waals surface area contributed by atoms with Crippen molar-refractivity contribution in [3.63, 3.8) is 0 Å². The first-order chi connectivity index (χ1) is 28.8. The van der Waals surface area contributed by atoms with Crippen molar-refractivity contribution in [2.24, 2.45) is 0 Å². The zero-order valence-corrected chi connectivity index (χ0v) is 35.3. The van der Waals surface area contributed by atoms with Crippen LogP contribution < -0.4 is 0 Å². The van der Waals surface area contributed by atoms with Crippen LogP contribution in [0.1, 0.15) is 63.2 Å². The fourth-order valence-electron chi connectivity index (χ4n) is 6.16. The molecule has 0 fully saturated rings. The van der Waals surface area contributed by atoms with Crippen LogP contribution in [0, 0.1) is 0 Å². The average Bonchev–Trinajstić information content (AvgIpc) is 4.07. The molecule has 0 bridgehead atoms. The molecule has 8 rings (SSSR count). The van der Waals surface area contributed by atoms with Crippen LogP contribution in [0.5, 0.6) is 0 Å². The molecule has 340 valence electrons. The molecule has 0 atom stereocenters. The van der Waals surface area contributed by atoms with Gasteiger partial charge in [-0.2, -0.15) is 40.8 Å². The molecule has 0 radical (unpaired) electrons. The zero-order valence-electron chi connectivity index (χ0n) is 32.3. The van der Waals surface area contributed by atoms with Crippen LogP contribution in [-0.4, -0.2) is 92.8 Å². The summed E-state index contributed by atoms with van der Waals surface area (Å²) in [7, 11) is -12.0. The summed E-state index contributed by atoms with van der Waals surface area (Å²) < 4.78 is 93.6. The van der Waals surface area contributed by atoms with Crippen LogP contribution in [-0.2, 0) is 44.8 Å². The fraction of sp³-hybridized carbons (Fsp3) is 0.294. The minimum atomic E-state index is -6.00. The third-order valence-corrected chi connectivity index (χ3v) is 8.49. The molecule has 8 aromatic rings. The number of rotatable bonds is 16. The van der Waals surface area contributed by atoms with E-state index in [1.165, 1.54) is 0 Å². The van der Waals surface area contributed by atoms with Gasteiger partial charge in [-0.05, 0) is 87.1 Å². The normalized spacial score (nSPS) is 11.3. The maximum absolute atomic E-state index is 9.75. The molecule has 0 aliphatic rings. The van der Waals surface area contributed by atoms with Gasteiger partial charge < -0.3 is 34.5 Å². The molecule has 0 unspecified atom stereocenters. The summed E-state index contributed by atoms with van der Waals surface area (Å²) in [5, 5.41) is 35.1. The number of aromatic nitrogens is 16. The van der Waals surface area contributed by atoms with Gasteiger partial charge in [-0.25, -0.2) is 37.5 Å². The first kappa shape index (κ1) is 51.1. The van der Waals surface area contributed by atoms with Crippen LogP contribution in [0.4, 0.5) is 34.5 Å². The maximum Gasteiger partial charge on any atom is 1.00 e. The molecular weight excluding hydrogens is 1020 g/mol. The van der Waals surface area contributed by atoms with Crippen molar-refractivity contribution in [2.45, 2.75) is 63.2 Å². The van der Waals surface area contributed by atoms with Gasteiger partial charge in [0.15, 0.2) is 0 Å². The van der Waals surface area contributed by atoms with Gasteiger partial charge in [0, 0.05) is 99.1 Å². The van der Waals surface area contributed by atoms with Gasteiger partial charge >= 0.3 is 59.3 Å². The molecule has 0 aliphatic carbocycles. The molecule has 0 aliphatic heterocycles. The Hall–Kier alpha value is -5.27. The Balaban J connectivity index is 0.000000265. The van der Waals surface area contributed by atoms with E-state index >= 15 is 0 Å². The predicted molar refractivity (Wildman–Crippen MR) is 204 cm³/mol. The van der Waals surface area contributed by atoms with Crippen molar-refractivity contribution in [1.29, 1.82) is 0 Å². The van der Waals surface area contributed by atoms with Crippen LogP contribution in [0.25, 0.3) is 0 Å². The summed E-state index contributed by atoms with van der Waals surface area (Å²) >= 11 is 0. The molecule has 8 heterocycles. The first-order valence-corrected chi connectivity index (χ1v) is 18.5. The largest absolute Gasteiger partial charge is 1.00 e. The summed E-state index contributed by atoms with van der Waals surface area (Å²) in [6.07, 6.45) is 36.1. The van der Waals surface area contributed by atoms with E-state index in [1.807, 2.05) is 136 Å². The minimum absolute atomic E-state index is 0. The second-order valence-corrected chi connectivity index (χ2v) is 12.7. The maximum atomic E-state index is 9.75. The van der Waals surface area contributed by atoms with E-state index in [9.17, 15) is 34.5 Å². The number of halogens is 8. The average molecular weight is 1060 g/mol. The van der Waals surface area contributed by atoms with Gasteiger partial charge in [0.25, 0.3) is 0 Å². The van der Waals surface area contributed by atoms with Crippen molar-refractivity contribution in [2.75, 3.05) is 0 Å². The molecule has 0 N–H and O–H groups in total. The van der Waals surface area contributed by atoms with Crippen molar-refractivity contribution < 1.29 is 79.3 Å². The molecule has 0 aromatic carbocycles. The molecular formula is C34H40Ag2B2F8N16. The smallest absolute Gasteiger partial charge is 0.418 e. The standard InChI is InChI=1S/2C17H20N8.2Ag.2BF4/c2*1(6-16(22-12-2-8-18-22)23-13-3-9-19-23)7-17(24-14-4-10-20-24)25-15-5-11-21-25;;;2*2-1(3,4)5/h2*2-5,8-17H,1,6-7H2;;;;/q;;2*+1;2*-1. The van der Waals surface area contributed by atoms with E-state index in [-0.39, 0.29) is 69.4 Å². The number of hydrogen-bond donors (Lipinski definition) is 0. The molecule has 8 aromatic heterocycles. The third kappa shape index (κ3) is 17.6. The molecule has 0 amide bonds. The van der Waals surface area contributed by atoms with Gasteiger partial charge in [-0.3, -0.25) is 0 Å². The van der Waals surface area contributed by atoms with E-state index in [0.717, 1.165) is 38.5 Å². The predicted octanol–water partition coefficient (Wildman–Crippen LogP) is 7.47. The molecule has 62 heavy (non-hydrogen) atoms. The Morgan fingerprint density at radius 1 is 0.290 bits per heavy atom. The van der Waals surface area contributed by atoms with Crippen molar-refractivity contribution in [3.8, 4) is 0 Å². The van der Waals surface area contributed by atoms with E-state index in [1.54, 1.807) is 49.6 Å². The summed E-state index contributed by atoms with van der Waals surface area (Å²) in [6, 6.07) is 15.5. The Kier molecular flexibility index (Phi) is 21.1. The quantitative estimate of drug-likeness (QED) is 0.0717. The van der Waals surface area contributed by atoms with Crippen molar-refractivity contribution in [1.82, 2.24) is 78.2 Å². The van der Waals surface area contributed by atoms with Gasteiger partial charge in [0.05, 0.1) is 0 Å². The van der Waals surface area contributed by atoms with Gasteiger partial charge in [0.1, 0.15) is 24.7 Å². The molecule has 16 nitrogen and oxygen atoms in total. The third-order valence-electron chi connectivity index (χ3n) is 8.49. The Labute approximate surface area is 381 Å². The van der Waals surface area contributed by atoms with Gasteiger partial charge in [-0.1, -0.05) is 0 Å². The molecule has 0 spiro atoms. The van der Waals surface area contributed by atoms with Gasteiger partial charge in [0.2, 0.25) is 0 Å². The summed E-state index contributed by atoms with van der Waals surface area (Å²) in [5.41, 5.74) is 0. The SMILES string of the molecule is F[B-](F)(F)F.F[B-](F)(F)F.[Ag+].[Ag+].c1cnn(C(CCCC(n2cccn2)n2cccn2)n2cccn2)c1.c1cnn(C(CCCC(n2cccn2)n2cccn2)n2cccn2)c1. The zero-order chi connectivity index (χ0) is 42.8. The number of hydrogen-bond acceptors (Lipinski definition) is 8. The van der Waals surface area contributed by atoms with E-state index in [0.29, 0.717) is 0 Å². The second kappa shape index (κ2) is 25.6. The van der Waals surface area contributed by atoms with Crippen LogP contribution in [0.15, 0.2) is 148 Å². The Bertz CT molecular complexity index is 1750. The van der Waals surface area contributed by atoms with Crippen LogP contribution >= 0.6 is 0 Å². The van der Waals surface area contributed by atoms with Crippen LogP contribution in [0.3, 0.4) is 0 Å².